The van der Waals surface area contributed by atoms with Gasteiger partial charge in [-0.15, -0.1) is 0 Å². The van der Waals surface area contributed by atoms with Crippen molar-refractivity contribution in [2.24, 2.45) is 0 Å². The van der Waals surface area contributed by atoms with Crippen LogP contribution in [-0.4, -0.2) is 42.6 Å². The first-order valence-corrected chi connectivity index (χ1v) is 9.97. The SMILES string of the molecule is O=C(COc1ccc2oc3c(c2c1)CCCC3)NC1CCN(C2CC2)C1. The summed E-state index contributed by atoms with van der Waals surface area (Å²) in [7, 11) is 0. The molecule has 2 heterocycles. The van der Waals surface area contributed by atoms with Crippen LogP contribution in [0.5, 0.6) is 5.75 Å². The minimum Gasteiger partial charge on any atom is -0.484 e. The third kappa shape index (κ3) is 3.20. The molecule has 1 N–H and O–H groups in total. The molecule has 2 aliphatic carbocycles. The molecular weight excluding hydrogens is 328 g/mol. The topological polar surface area (TPSA) is 54.7 Å². The van der Waals surface area contributed by atoms with Gasteiger partial charge in [-0.05, 0) is 56.7 Å². The zero-order valence-corrected chi connectivity index (χ0v) is 15.1. The number of carbonyl (C=O) groups excluding carboxylic acids is 1. The van der Waals surface area contributed by atoms with E-state index in [4.69, 9.17) is 9.15 Å². The summed E-state index contributed by atoms with van der Waals surface area (Å²) in [6, 6.07) is 6.94. The molecule has 5 rings (SSSR count). The van der Waals surface area contributed by atoms with Gasteiger partial charge in [0.2, 0.25) is 0 Å². The van der Waals surface area contributed by atoms with Crippen molar-refractivity contribution in [3.63, 3.8) is 0 Å². The summed E-state index contributed by atoms with van der Waals surface area (Å²) in [5, 5.41) is 4.27. The largest absolute Gasteiger partial charge is 0.484 e. The molecule has 1 saturated heterocycles. The number of hydrogen-bond donors (Lipinski definition) is 1. The van der Waals surface area contributed by atoms with E-state index in [1.807, 2.05) is 18.2 Å². The Kier molecular flexibility index (Phi) is 4.12. The smallest absolute Gasteiger partial charge is 0.258 e. The van der Waals surface area contributed by atoms with Gasteiger partial charge in [-0.2, -0.15) is 0 Å². The molecule has 0 radical (unpaired) electrons. The van der Waals surface area contributed by atoms with Gasteiger partial charge in [0.25, 0.3) is 5.91 Å². The third-order valence-corrected chi connectivity index (χ3v) is 5.94. The highest BCUT2D eigenvalue weighted by Gasteiger charge is 2.34. The predicted molar refractivity (Wildman–Crippen MR) is 99.5 cm³/mol. The highest BCUT2D eigenvalue weighted by Crippen LogP contribution is 2.34. The number of hydrogen-bond acceptors (Lipinski definition) is 4. The number of fused-ring (bicyclic) bond motifs is 3. The molecule has 0 bridgehead atoms. The van der Waals surface area contributed by atoms with Gasteiger partial charge < -0.3 is 14.5 Å². The lowest BCUT2D eigenvalue weighted by Crippen LogP contribution is -2.39. The molecule has 1 aromatic carbocycles. The number of nitrogens with zero attached hydrogens (tertiary/aromatic N) is 1. The van der Waals surface area contributed by atoms with E-state index in [1.165, 1.54) is 31.2 Å². The van der Waals surface area contributed by atoms with Crippen molar-refractivity contribution < 1.29 is 13.9 Å². The van der Waals surface area contributed by atoms with E-state index in [1.54, 1.807) is 0 Å². The lowest BCUT2D eigenvalue weighted by atomic mass is 9.96. The van der Waals surface area contributed by atoms with Crippen molar-refractivity contribution in [1.82, 2.24) is 10.2 Å². The average Bonchev–Trinajstić information content (AvgIpc) is 3.29. The minimum atomic E-state index is -0.0260. The molecule has 3 aliphatic rings. The summed E-state index contributed by atoms with van der Waals surface area (Å²) in [5.74, 6) is 1.84. The molecule has 1 unspecified atom stereocenters. The van der Waals surface area contributed by atoms with Crippen LogP contribution in [0.25, 0.3) is 11.0 Å². The molecule has 138 valence electrons. The van der Waals surface area contributed by atoms with Crippen LogP contribution in [0.4, 0.5) is 0 Å². The van der Waals surface area contributed by atoms with Gasteiger partial charge in [0.05, 0.1) is 0 Å². The van der Waals surface area contributed by atoms with E-state index in [9.17, 15) is 4.79 Å². The Hall–Kier alpha value is -2.01. The molecule has 1 atom stereocenters. The quantitative estimate of drug-likeness (QED) is 0.897. The maximum atomic E-state index is 12.2. The number of furan rings is 1. The fourth-order valence-electron chi connectivity index (χ4n) is 4.43. The number of nitrogens with one attached hydrogen (secondary N) is 1. The number of carbonyl (C=O) groups is 1. The highest BCUT2D eigenvalue weighted by molar-refractivity contribution is 5.84. The Morgan fingerprint density at radius 1 is 1.23 bits per heavy atom. The van der Waals surface area contributed by atoms with Crippen LogP contribution in [0.1, 0.15) is 43.4 Å². The second-order valence-electron chi connectivity index (χ2n) is 7.94. The van der Waals surface area contributed by atoms with Gasteiger partial charge in [-0.1, -0.05) is 0 Å². The zero-order chi connectivity index (χ0) is 17.5. The molecule has 2 aromatic rings. The highest BCUT2D eigenvalue weighted by atomic mass is 16.5. The Bertz CT molecular complexity index is 824. The lowest BCUT2D eigenvalue weighted by molar-refractivity contribution is -0.123. The average molecular weight is 354 g/mol. The van der Waals surface area contributed by atoms with E-state index in [0.29, 0.717) is 0 Å². The maximum absolute atomic E-state index is 12.2. The van der Waals surface area contributed by atoms with Crippen LogP contribution in [0.2, 0.25) is 0 Å². The Balaban J connectivity index is 1.19. The molecule has 1 aromatic heterocycles. The standard InChI is InChI=1S/C21H26N2O3/c24-21(22-14-9-10-23(12-14)15-5-6-15)13-25-16-7-8-20-18(11-16)17-3-1-2-4-19(17)26-20/h7-8,11,14-15H,1-6,9-10,12-13H2,(H,22,24). The maximum Gasteiger partial charge on any atom is 0.258 e. The second-order valence-corrected chi connectivity index (χ2v) is 7.94. The molecule has 1 saturated carbocycles. The number of aryl methyl sites for hydroxylation is 2. The first-order chi connectivity index (χ1) is 12.8. The molecule has 5 heteroatoms. The Labute approximate surface area is 153 Å². The number of benzene rings is 1. The Morgan fingerprint density at radius 2 is 2.12 bits per heavy atom. The van der Waals surface area contributed by atoms with E-state index in [-0.39, 0.29) is 18.6 Å². The monoisotopic (exact) mass is 354 g/mol. The first kappa shape index (κ1) is 16.2. The molecule has 2 fully saturated rings. The fourth-order valence-corrected chi connectivity index (χ4v) is 4.43. The molecular formula is C21H26N2O3. The lowest BCUT2D eigenvalue weighted by Gasteiger charge is -2.16. The summed E-state index contributed by atoms with van der Waals surface area (Å²) < 4.78 is 11.7. The first-order valence-electron chi connectivity index (χ1n) is 9.97. The summed E-state index contributed by atoms with van der Waals surface area (Å²) in [4.78, 5) is 14.7. The van der Waals surface area contributed by atoms with Crippen molar-refractivity contribution in [2.75, 3.05) is 19.7 Å². The van der Waals surface area contributed by atoms with Gasteiger partial charge in [-0.3, -0.25) is 9.69 Å². The third-order valence-electron chi connectivity index (χ3n) is 5.94. The summed E-state index contributed by atoms with van der Waals surface area (Å²) >= 11 is 0. The molecule has 1 aliphatic heterocycles. The van der Waals surface area contributed by atoms with Crippen LogP contribution < -0.4 is 10.1 Å². The summed E-state index contributed by atoms with van der Waals surface area (Å²) in [6.45, 7) is 2.17. The van der Waals surface area contributed by atoms with Gasteiger partial charge in [0.1, 0.15) is 17.1 Å². The molecule has 1 amide bonds. The van der Waals surface area contributed by atoms with E-state index < -0.39 is 0 Å². The normalized spacial score (nSPS) is 23.2. The van der Waals surface area contributed by atoms with Crippen LogP contribution >= 0.6 is 0 Å². The van der Waals surface area contributed by atoms with Gasteiger partial charge in [-0.25, -0.2) is 0 Å². The van der Waals surface area contributed by atoms with Crippen LogP contribution in [0, 0.1) is 0 Å². The van der Waals surface area contributed by atoms with Crippen molar-refractivity contribution in [3.05, 3.63) is 29.5 Å². The number of likely N-dealkylation sites (tertiary alicyclic amines) is 1. The van der Waals surface area contributed by atoms with Crippen molar-refractivity contribution >= 4 is 16.9 Å². The van der Waals surface area contributed by atoms with Crippen molar-refractivity contribution in [1.29, 1.82) is 0 Å². The van der Waals surface area contributed by atoms with Gasteiger partial charge in [0, 0.05) is 42.5 Å². The predicted octanol–water partition coefficient (Wildman–Crippen LogP) is 3.04. The zero-order valence-electron chi connectivity index (χ0n) is 15.1. The summed E-state index contributed by atoms with van der Waals surface area (Å²) in [5.41, 5.74) is 2.26. The van der Waals surface area contributed by atoms with Crippen LogP contribution in [0.3, 0.4) is 0 Å². The van der Waals surface area contributed by atoms with Gasteiger partial charge in [0.15, 0.2) is 6.61 Å². The number of amides is 1. The second kappa shape index (κ2) is 6.62. The molecule has 0 spiro atoms. The van der Waals surface area contributed by atoms with E-state index >= 15 is 0 Å². The van der Waals surface area contributed by atoms with Gasteiger partial charge >= 0.3 is 0 Å². The van der Waals surface area contributed by atoms with Crippen molar-refractivity contribution in [2.45, 2.75) is 57.0 Å². The number of rotatable bonds is 5. The fraction of sp³-hybridized carbons (Fsp3) is 0.571. The van der Waals surface area contributed by atoms with Crippen LogP contribution in [0.15, 0.2) is 22.6 Å². The molecule has 5 nitrogen and oxygen atoms in total. The van der Waals surface area contributed by atoms with Crippen molar-refractivity contribution in [3.8, 4) is 5.75 Å². The van der Waals surface area contributed by atoms with Crippen LogP contribution in [-0.2, 0) is 17.6 Å². The van der Waals surface area contributed by atoms with E-state index in [0.717, 1.165) is 60.9 Å². The summed E-state index contributed by atoms with van der Waals surface area (Å²) in [6.07, 6.45) is 8.22. The molecule has 26 heavy (non-hydrogen) atoms. The van der Waals surface area contributed by atoms with E-state index in [2.05, 4.69) is 10.2 Å². The Morgan fingerprint density at radius 3 is 3.00 bits per heavy atom. The minimum absolute atomic E-state index is 0.0260. The number of ether oxygens (including phenoxy) is 1.